The monoisotopic (exact) mass is 296 g/mol. The number of nitrogens with one attached hydrogen (secondary N) is 1. The molecule has 0 unspecified atom stereocenters. The van der Waals surface area contributed by atoms with Crippen LogP contribution in [-0.2, 0) is 0 Å². The topological polar surface area (TPSA) is 42.0 Å². The van der Waals surface area contributed by atoms with Crippen LogP contribution in [0.1, 0.15) is 27.0 Å². The average molecular weight is 296 g/mol. The molecule has 1 aromatic heterocycles. The van der Waals surface area contributed by atoms with Gasteiger partial charge in [0.15, 0.2) is 5.13 Å². The Morgan fingerprint density at radius 2 is 1.95 bits per heavy atom. The minimum Gasteiger partial charge on any atom is -0.298 e. The molecule has 0 atom stereocenters. The Kier molecular flexibility index (Phi) is 3.47. The lowest BCUT2D eigenvalue weighted by Crippen LogP contribution is -2.11. The highest BCUT2D eigenvalue weighted by molar-refractivity contribution is 7.22. The molecule has 0 saturated carbocycles. The number of aromatic nitrogens is 1. The van der Waals surface area contributed by atoms with Gasteiger partial charge >= 0.3 is 0 Å². The smallest absolute Gasteiger partial charge is 0.257 e. The number of amides is 1. The van der Waals surface area contributed by atoms with Crippen LogP contribution in [0.25, 0.3) is 10.2 Å². The number of nitrogens with zero attached hydrogens (tertiary/aromatic N) is 1. The average Bonchev–Trinajstić information content (AvgIpc) is 2.86. The molecule has 0 aliphatic carbocycles. The molecule has 1 amide bonds. The van der Waals surface area contributed by atoms with Crippen LogP contribution < -0.4 is 5.32 Å². The number of thiazole rings is 1. The summed E-state index contributed by atoms with van der Waals surface area (Å²) in [4.78, 5) is 16.8. The molecule has 2 aromatic carbocycles. The molecule has 0 saturated heterocycles. The highest BCUT2D eigenvalue weighted by atomic mass is 32.1. The Bertz CT molecular complexity index is 836. The van der Waals surface area contributed by atoms with Crippen molar-refractivity contribution >= 4 is 32.6 Å². The summed E-state index contributed by atoms with van der Waals surface area (Å²) in [7, 11) is 0. The predicted molar refractivity (Wildman–Crippen MR) is 88.2 cm³/mol. The van der Waals surface area contributed by atoms with Gasteiger partial charge < -0.3 is 0 Å². The van der Waals surface area contributed by atoms with E-state index >= 15 is 0 Å². The van der Waals surface area contributed by atoms with Gasteiger partial charge in [-0.1, -0.05) is 35.1 Å². The van der Waals surface area contributed by atoms with Crippen molar-refractivity contribution in [2.24, 2.45) is 0 Å². The summed E-state index contributed by atoms with van der Waals surface area (Å²) in [5, 5.41) is 3.53. The summed E-state index contributed by atoms with van der Waals surface area (Å²) in [6.07, 6.45) is 0. The van der Waals surface area contributed by atoms with Crippen molar-refractivity contribution in [1.82, 2.24) is 4.98 Å². The number of anilines is 1. The molecule has 1 heterocycles. The maximum Gasteiger partial charge on any atom is 0.257 e. The molecular formula is C17H16N2OS. The molecular weight excluding hydrogens is 280 g/mol. The molecule has 0 spiro atoms. The highest BCUT2D eigenvalue weighted by Gasteiger charge is 2.11. The lowest BCUT2D eigenvalue weighted by Gasteiger charge is -2.02. The van der Waals surface area contributed by atoms with Crippen LogP contribution in [0.3, 0.4) is 0 Å². The summed E-state index contributed by atoms with van der Waals surface area (Å²) in [6, 6.07) is 11.7. The van der Waals surface area contributed by atoms with E-state index in [2.05, 4.69) is 36.3 Å². The van der Waals surface area contributed by atoms with E-state index in [9.17, 15) is 4.79 Å². The number of aryl methyl sites for hydroxylation is 3. The summed E-state index contributed by atoms with van der Waals surface area (Å²) < 4.78 is 1.10. The van der Waals surface area contributed by atoms with E-state index in [1.165, 1.54) is 22.5 Å². The number of carbonyl (C=O) groups excluding carboxylic acids is 1. The van der Waals surface area contributed by atoms with Gasteiger partial charge in [0, 0.05) is 5.56 Å². The van der Waals surface area contributed by atoms with Crippen molar-refractivity contribution < 1.29 is 4.79 Å². The molecule has 3 aromatic rings. The van der Waals surface area contributed by atoms with Gasteiger partial charge in [0.05, 0.1) is 10.2 Å². The first-order valence-corrected chi connectivity index (χ1v) is 7.61. The number of rotatable bonds is 2. The van der Waals surface area contributed by atoms with Crippen molar-refractivity contribution in [2.75, 3.05) is 5.32 Å². The fourth-order valence-corrected chi connectivity index (χ4v) is 3.16. The highest BCUT2D eigenvalue weighted by Crippen LogP contribution is 2.29. The van der Waals surface area contributed by atoms with Gasteiger partial charge in [0.25, 0.3) is 5.91 Å². The summed E-state index contributed by atoms with van der Waals surface area (Å²) in [5.74, 6) is -0.118. The molecule has 0 aliphatic heterocycles. The van der Waals surface area contributed by atoms with E-state index in [0.717, 1.165) is 15.8 Å². The molecule has 0 radical (unpaired) electrons. The van der Waals surface area contributed by atoms with Crippen molar-refractivity contribution in [2.45, 2.75) is 20.8 Å². The number of carbonyl (C=O) groups is 1. The van der Waals surface area contributed by atoms with Crippen LogP contribution in [0, 0.1) is 20.8 Å². The molecule has 4 heteroatoms. The van der Waals surface area contributed by atoms with Gasteiger partial charge in [-0.25, -0.2) is 4.98 Å². The number of hydrogen-bond acceptors (Lipinski definition) is 3. The summed E-state index contributed by atoms with van der Waals surface area (Å²) in [5.41, 5.74) is 5.07. The van der Waals surface area contributed by atoms with Crippen molar-refractivity contribution in [1.29, 1.82) is 0 Å². The van der Waals surface area contributed by atoms with Crippen molar-refractivity contribution in [3.63, 3.8) is 0 Å². The maximum atomic E-state index is 12.3. The molecule has 1 N–H and O–H groups in total. The zero-order valence-electron chi connectivity index (χ0n) is 12.2. The molecule has 3 rings (SSSR count). The summed E-state index contributed by atoms with van der Waals surface area (Å²) in [6.45, 7) is 6.10. The fourth-order valence-electron chi connectivity index (χ4n) is 2.24. The number of hydrogen-bond donors (Lipinski definition) is 1. The lowest BCUT2D eigenvalue weighted by atomic mass is 10.1. The lowest BCUT2D eigenvalue weighted by molar-refractivity contribution is 0.102. The first-order valence-electron chi connectivity index (χ1n) is 6.79. The normalized spacial score (nSPS) is 10.8. The van der Waals surface area contributed by atoms with Crippen LogP contribution in [0.4, 0.5) is 5.13 Å². The zero-order valence-corrected chi connectivity index (χ0v) is 13.0. The Labute approximate surface area is 127 Å². The van der Waals surface area contributed by atoms with Crippen LogP contribution >= 0.6 is 11.3 Å². The van der Waals surface area contributed by atoms with Gasteiger partial charge in [-0.2, -0.15) is 0 Å². The van der Waals surface area contributed by atoms with Gasteiger partial charge in [-0.15, -0.1) is 0 Å². The third-order valence-electron chi connectivity index (χ3n) is 3.59. The van der Waals surface area contributed by atoms with Gasteiger partial charge in [0.1, 0.15) is 0 Å². The van der Waals surface area contributed by atoms with Gasteiger partial charge in [0.2, 0.25) is 0 Å². The van der Waals surface area contributed by atoms with E-state index in [-0.39, 0.29) is 5.91 Å². The van der Waals surface area contributed by atoms with E-state index in [1.54, 1.807) is 0 Å². The van der Waals surface area contributed by atoms with E-state index < -0.39 is 0 Å². The number of fused-ring (bicyclic) bond motifs is 1. The Morgan fingerprint density at radius 3 is 2.71 bits per heavy atom. The Morgan fingerprint density at radius 1 is 1.14 bits per heavy atom. The molecule has 0 bridgehead atoms. The van der Waals surface area contributed by atoms with Crippen LogP contribution in [0.15, 0.2) is 36.4 Å². The zero-order chi connectivity index (χ0) is 15.0. The largest absolute Gasteiger partial charge is 0.298 e. The van der Waals surface area contributed by atoms with Crippen LogP contribution in [0.5, 0.6) is 0 Å². The van der Waals surface area contributed by atoms with Crippen molar-refractivity contribution in [3.05, 3.63) is 58.7 Å². The Hall–Kier alpha value is -2.20. The number of benzene rings is 2. The second-order valence-corrected chi connectivity index (χ2v) is 6.23. The third-order valence-corrected chi connectivity index (χ3v) is 4.52. The predicted octanol–water partition coefficient (Wildman–Crippen LogP) is 4.47. The third kappa shape index (κ3) is 2.67. The summed E-state index contributed by atoms with van der Waals surface area (Å²) >= 11 is 1.50. The van der Waals surface area contributed by atoms with E-state index in [4.69, 9.17) is 0 Å². The quantitative estimate of drug-likeness (QED) is 0.758. The van der Waals surface area contributed by atoms with E-state index in [1.807, 2.05) is 31.2 Å². The van der Waals surface area contributed by atoms with Crippen LogP contribution in [0.2, 0.25) is 0 Å². The molecule has 3 nitrogen and oxygen atoms in total. The first kappa shape index (κ1) is 13.8. The first-order chi connectivity index (χ1) is 10.0. The molecule has 106 valence electrons. The second-order valence-electron chi connectivity index (χ2n) is 5.20. The second kappa shape index (κ2) is 5.30. The molecule has 21 heavy (non-hydrogen) atoms. The minimum absolute atomic E-state index is 0.118. The maximum absolute atomic E-state index is 12.3. The van der Waals surface area contributed by atoms with Gasteiger partial charge in [-0.05, 0) is 50.1 Å². The fraction of sp³-hybridized carbons (Fsp3) is 0.176. The molecule has 0 fully saturated rings. The van der Waals surface area contributed by atoms with Crippen LogP contribution in [-0.4, -0.2) is 10.9 Å². The minimum atomic E-state index is -0.118. The molecule has 0 aliphatic rings. The van der Waals surface area contributed by atoms with Gasteiger partial charge in [-0.3, -0.25) is 10.1 Å². The Balaban J connectivity index is 1.91. The SMILES string of the molecule is Cc1cccc(C(=O)Nc2nc3c(C)c(C)ccc3s2)c1. The van der Waals surface area contributed by atoms with E-state index in [0.29, 0.717) is 10.7 Å². The van der Waals surface area contributed by atoms with Crippen molar-refractivity contribution in [3.8, 4) is 0 Å². The standard InChI is InChI=1S/C17H16N2OS/c1-10-5-4-6-13(9-10)16(20)19-17-18-15-12(3)11(2)7-8-14(15)21-17/h4-9H,1-3H3,(H,18,19,20).